The summed E-state index contributed by atoms with van der Waals surface area (Å²) < 4.78 is 11.5. The molecule has 4 atom stereocenters. The van der Waals surface area contributed by atoms with Crippen LogP contribution in [0.5, 0.6) is 5.75 Å². The largest absolute Gasteiger partial charge is 0.497 e. The first-order chi connectivity index (χ1) is 14.8. The molecule has 31 heavy (non-hydrogen) atoms. The molecule has 0 bridgehead atoms. The molecule has 1 aromatic rings. The molecule has 1 saturated carbocycles. The lowest BCUT2D eigenvalue weighted by atomic mass is 9.64. The van der Waals surface area contributed by atoms with E-state index in [4.69, 9.17) is 9.47 Å². The molecule has 1 aliphatic carbocycles. The molecule has 3 rings (SSSR count). The molecule has 0 radical (unpaired) electrons. The van der Waals surface area contributed by atoms with E-state index in [9.17, 15) is 9.59 Å². The van der Waals surface area contributed by atoms with Gasteiger partial charge >= 0.3 is 6.09 Å². The monoisotopic (exact) mass is 427 g/mol. The molecule has 1 aromatic carbocycles. The normalized spacial score (nSPS) is 27.0. The second-order valence-electron chi connectivity index (χ2n) is 9.76. The highest BCUT2D eigenvalue weighted by Gasteiger charge is 2.43. The van der Waals surface area contributed by atoms with Gasteiger partial charge in [0.25, 0.3) is 0 Å². The fourth-order valence-electron chi connectivity index (χ4n) is 5.26. The summed E-state index contributed by atoms with van der Waals surface area (Å²) in [5.41, 5.74) is 1.08. The number of Topliss-reactive ketones (excluding diaryl/α,β-unsaturated/α-hetero) is 1. The zero-order valence-corrected chi connectivity index (χ0v) is 19.4. The van der Waals surface area contributed by atoms with E-state index in [1.165, 1.54) is 5.56 Å². The molecule has 0 unspecified atom stereocenters. The van der Waals surface area contributed by atoms with E-state index in [0.29, 0.717) is 31.7 Å². The van der Waals surface area contributed by atoms with Gasteiger partial charge in [-0.2, -0.15) is 0 Å². The van der Waals surface area contributed by atoms with Crippen LogP contribution in [0.2, 0.25) is 0 Å². The van der Waals surface area contributed by atoms with E-state index in [1.54, 1.807) is 18.1 Å². The number of carbonyl (C=O) groups is 2. The van der Waals surface area contributed by atoms with Gasteiger partial charge in [-0.1, -0.05) is 45.4 Å². The van der Waals surface area contributed by atoms with Gasteiger partial charge in [-0.15, -0.1) is 6.58 Å². The molecule has 1 heterocycles. The van der Waals surface area contributed by atoms with Crippen LogP contribution in [0.3, 0.4) is 0 Å². The van der Waals surface area contributed by atoms with Crippen molar-refractivity contribution < 1.29 is 19.1 Å². The Morgan fingerprint density at radius 2 is 1.97 bits per heavy atom. The van der Waals surface area contributed by atoms with E-state index in [0.717, 1.165) is 25.0 Å². The molecule has 0 aromatic heterocycles. The van der Waals surface area contributed by atoms with Gasteiger partial charge in [0.15, 0.2) is 0 Å². The standard InChI is InChI=1S/C26H37NO4/c1-6-7-20-17-21(28)14-15-27(20)25(29)31-24-16-18(2)8-13-23(24)26(3,4)19-9-11-22(30-5)12-10-19/h6,9-12,18,20,23-24H,1,7-8,13-17H2,2-5H3/t18-,20-,23-,24-/m1/s1. The molecular formula is C26H37NO4. The average molecular weight is 428 g/mol. The molecule has 170 valence electrons. The Labute approximate surface area is 186 Å². The van der Waals surface area contributed by atoms with Crippen molar-refractivity contribution in [2.45, 2.75) is 76.9 Å². The number of piperidine rings is 1. The molecule has 2 fully saturated rings. The molecule has 0 N–H and O–H groups in total. The summed E-state index contributed by atoms with van der Waals surface area (Å²) in [6, 6.07) is 8.08. The van der Waals surface area contributed by atoms with Crippen molar-refractivity contribution in [3.05, 3.63) is 42.5 Å². The molecular weight excluding hydrogens is 390 g/mol. The van der Waals surface area contributed by atoms with Crippen molar-refractivity contribution in [1.29, 1.82) is 0 Å². The number of hydrogen-bond donors (Lipinski definition) is 0. The Bertz CT molecular complexity index is 785. The predicted molar refractivity (Wildman–Crippen MR) is 122 cm³/mol. The maximum absolute atomic E-state index is 13.2. The Morgan fingerprint density at radius 3 is 2.61 bits per heavy atom. The minimum absolute atomic E-state index is 0.139. The summed E-state index contributed by atoms with van der Waals surface area (Å²) >= 11 is 0. The molecule has 1 amide bonds. The van der Waals surface area contributed by atoms with Crippen molar-refractivity contribution in [2.24, 2.45) is 11.8 Å². The van der Waals surface area contributed by atoms with Gasteiger partial charge in [-0.25, -0.2) is 4.79 Å². The van der Waals surface area contributed by atoms with Crippen molar-refractivity contribution in [3.63, 3.8) is 0 Å². The Kier molecular flexibility index (Phi) is 7.45. The summed E-state index contributed by atoms with van der Waals surface area (Å²) in [6.07, 6.45) is 5.79. The number of carbonyl (C=O) groups excluding carboxylic acids is 2. The smallest absolute Gasteiger partial charge is 0.410 e. The average Bonchev–Trinajstić information content (AvgIpc) is 2.74. The number of benzene rings is 1. The fourth-order valence-corrected chi connectivity index (χ4v) is 5.26. The molecule has 0 spiro atoms. The molecule has 2 aliphatic rings. The SMILES string of the molecule is C=CC[C@@H]1CC(=O)CCN1C(=O)O[C@@H]1C[C@H](C)CC[C@H]1C(C)(C)c1ccc(OC)cc1. The quantitative estimate of drug-likeness (QED) is 0.561. The number of nitrogens with zero attached hydrogens (tertiary/aromatic N) is 1. The minimum atomic E-state index is -0.283. The van der Waals surface area contributed by atoms with E-state index in [1.807, 2.05) is 12.1 Å². The maximum Gasteiger partial charge on any atom is 0.410 e. The van der Waals surface area contributed by atoms with Crippen LogP contribution in [-0.2, 0) is 14.9 Å². The number of ether oxygens (including phenoxy) is 2. The number of ketones is 1. The van der Waals surface area contributed by atoms with Crippen molar-refractivity contribution in [3.8, 4) is 5.75 Å². The van der Waals surface area contributed by atoms with E-state index < -0.39 is 0 Å². The zero-order valence-electron chi connectivity index (χ0n) is 19.4. The predicted octanol–water partition coefficient (Wildman–Crippen LogP) is 5.52. The third-order valence-electron chi connectivity index (χ3n) is 7.28. The summed E-state index contributed by atoms with van der Waals surface area (Å²) in [5.74, 6) is 1.80. The lowest BCUT2D eigenvalue weighted by Gasteiger charge is -2.45. The first kappa shape index (κ1) is 23.4. The van der Waals surface area contributed by atoms with Gasteiger partial charge in [0.05, 0.1) is 7.11 Å². The van der Waals surface area contributed by atoms with E-state index in [2.05, 4.69) is 39.5 Å². The Hall–Kier alpha value is -2.30. The van der Waals surface area contributed by atoms with Gasteiger partial charge in [0.1, 0.15) is 17.6 Å². The molecule has 1 saturated heterocycles. The topological polar surface area (TPSA) is 55.8 Å². The molecule has 5 nitrogen and oxygen atoms in total. The van der Waals surface area contributed by atoms with Gasteiger partial charge in [0, 0.05) is 31.3 Å². The highest BCUT2D eigenvalue weighted by Crippen LogP contribution is 2.44. The van der Waals surface area contributed by atoms with Crippen LogP contribution in [0, 0.1) is 11.8 Å². The van der Waals surface area contributed by atoms with Crippen LogP contribution in [0.15, 0.2) is 36.9 Å². The number of amides is 1. The van der Waals surface area contributed by atoms with Crippen molar-refractivity contribution >= 4 is 11.9 Å². The first-order valence-corrected chi connectivity index (χ1v) is 11.5. The summed E-state index contributed by atoms with van der Waals surface area (Å²) in [6.45, 7) is 11.0. The third-order valence-corrected chi connectivity index (χ3v) is 7.28. The summed E-state index contributed by atoms with van der Waals surface area (Å²) in [5, 5.41) is 0. The van der Waals surface area contributed by atoms with Gasteiger partial charge in [-0.05, 0) is 48.3 Å². The number of likely N-dealkylation sites (tertiary alicyclic amines) is 1. The van der Waals surface area contributed by atoms with Gasteiger partial charge < -0.3 is 14.4 Å². The number of rotatable bonds is 6. The summed E-state index contributed by atoms with van der Waals surface area (Å²) in [7, 11) is 1.67. The Balaban J connectivity index is 1.78. The fraction of sp³-hybridized carbons (Fsp3) is 0.615. The van der Waals surface area contributed by atoms with Crippen LogP contribution in [0.25, 0.3) is 0 Å². The van der Waals surface area contributed by atoms with Crippen LogP contribution in [0.4, 0.5) is 4.79 Å². The molecule has 1 aliphatic heterocycles. The second-order valence-corrected chi connectivity index (χ2v) is 9.76. The lowest BCUT2D eigenvalue weighted by Crippen LogP contribution is -2.50. The zero-order chi connectivity index (χ0) is 22.6. The van der Waals surface area contributed by atoms with Crippen LogP contribution in [0.1, 0.15) is 64.9 Å². The van der Waals surface area contributed by atoms with Crippen LogP contribution in [-0.4, -0.2) is 42.6 Å². The maximum atomic E-state index is 13.2. The Morgan fingerprint density at radius 1 is 1.26 bits per heavy atom. The highest BCUT2D eigenvalue weighted by atomic mass is 16.6. The van der Waals surface area contributed by atoms with Crippen LogP contribution < -0.4 is 4.74 Å². The van der Waals surface area contributed by atoms with Gasteiger partial charge in [-0.3, -0.25) is 4.79 Å². The third kappa shape index (κ3) is 5.31. The lowest BCUT2D eigenvalue weighted by molar-refractivity contribution is -0.122. The summed E-state index contributed by atoms with van der Waals surface area (Å²) in [4.78, 5) is 26.9. The van der Waals surface area contributed by atoms with Crippen molar-refractivity contribution in [2.75, 3.05) is 13.7 Å². The van der Waals surface area contributed by atoms with E-state index >= 15 is 0 Å². The van der Waals surface area contributed by atoms with E-state index in [-0.39, 0.29) is 35.4 Å². The first-order valence-electron chi connectivity index (χ1n) is 11.5. The molecule has 5 heteroatoms. The number of methoxy groups -OCH3 is 1. The number of hydrogen-bond acceptors (Lipinski definition) is 4. The van der Waals surface area contributed by atoms with Crippen LogP contribution >= 0.6 is 0 Å². The minimum Gasteiger partial charge on any atom is -0.497 e. The second kappa shape index (κ2) is 9.88. The highest BCUT2D eigenvalue weighted by molar-refractivity contribution is 5.82. The van der Waals surface area contributed by atoms with Gasteiger partial charge in [0.2, 0.25) is 0 Å². The van der Waals surface area contributed by atoms with Crippen molar-refractivity contribution in [1.82, 2.24) is 4.90 Å².